The topological polar surface area (TPSA) is 76.5 Å². The lowest BCUT2D eigenvalue weighted by molar-refractivity contribution is -0.118. The second-order valence-corrected chi connectivity index (χ2v) is 7.31. The third-order valence-electron chi connectivity index (χ3n) is 5.28. The maximum Gasteiger partial charge on any atom is 0.251 e. The van der Waals surface area contributed by atoms with Gasteiger partial charge in [-0.2, -0.15) is 0 Å². The highest BCUT2D eigenvalue weighted by molar-refractivity contribution is 5.95. The van der Waals surface area contributed by atoms with E-state index >= 15 is 0 Å². The zero-order chi connectivity index (χ0) is 22.5. The molecule has 7 heteroatoms. The summed E-state index contributed by atoms with van der Waals surface area (Å²) in [6.07, 6.45) is 0. The maximum absolute atomic E-state index is 13.0. The van der Waals surface area contributed by atoms with Crippen molar-refractivity contribution in [2.45, 2.75) is 13.1 Å². The number of amides is 2. The molecule has 2 amide bonds. The molecule has 0 bridgehead atoms. The quantitative estimate of drug-likeness (QED) is 0.488. The minimum absolute atomic E-state index is 0.0836. The Hall–Kier alpha value is -4.13. The van der Waals surface area contributed by atoms with Gasteiger partial charge in [-0.3, -0.25) is 9.59 Å². The van der Waals surface area contributed by atoms with Gasteiger partial charge in [-0.05, 0) is 42.5 Å². The molecule has 0 radical (unpaired) electrons. The molecule has 0 unspecified atom stereocenters. The van der Waals surface area contributed by atoms with Crippen molar-refractivity contribution in [3.63, 3.8) is 0 Å². The smallest absolute Gasteiger partial charge is 0.251 e. The second-order valence-electron chi connectivity index (χ2n) is 7.31. The van der Waals surface area contributed by atoms with Crippen LogP contribution in [0.3, 0.4) is 0 Å². The van der Waals surface area contributed by atoms with E-state index in [-0.39, 0.29) is 24.9 Å². The first kappa shape index (κ1) is 21.1. The Kier molecular flexibility index (Phi) is 6.17. The van der Waals surface area contributed by atoms with Crippen LogP contribution in [0.5, 0.6) is 5.75 Å². The van der Waals surface area contributed by atoms with E-state index in [0.717, 1.165) is 16.7 Å². The number of nitrogens with one attached hydrogen (secondary N) is 1. The average molecular weight is 428 g/mol. The number of benzene rings is 3. The molecular weight excluding hydrogens is 404 g/mol. The molecule has 0 saturated heterocycles. The van der Waals surface area contributed by atoms with Crippen LogP contribution >= 0.6 is 0 Å². The van der Waals surface area contributed by atoms with E-state index in [2.05, 4.69) is 10.3 Å². The standard InChI is InChI=1S/C25H24N4O3/c1-28(19-10-4-3-5-11-19)24(30)17-29-22-14-7-6-13-21(22)27-23(29)16-26-25(31)18-9-8-12-20(15-18)32-2/h3-15H,16-17H2,1-2H3,(H,26,31). The Balaban J connectivity index is 1.56. The first-order valence-corrected chi connectivity index (χ1v) is 10.2. The van der Waals surface area contributed by atoms with Crippen molar-refractivity contribution in [2.75, 3.05) is 19.1 Å². The first-order valence-electron chi connectivity index (χ1n) is 10.2. The van der Waals surface area contributed by atoms with Crippen LogP contribution in [0.4, 0.5) is 5.69 Å². The number of hydrogen-bond acceptors (Lipinski definition) is 4. The number of rotatable bonds is 7. The molecule has 1 N–H and O–H groups in total. The third-order valence-corrected chi connectivity index (χ3v) is 5.28. The Bertz CT molecular complexity index is 1250. The van der Waals surface area contributed by atoms with Crippen LogP contribution in [-0.4, -0.2) is 35.5 Å². The number of para-hydroxylation sites is 3. The molecule has 1 aromatic heterocycles. The molecule has 0 fully saturated rings. The van der Waals surface area contributed by atoms with Crippen LogP contribution in [0.2, 0.25) is 0 Å². The van der Waals surface area contributed by atoms with Gasteiger partial charge < -0.3 is 19.5 Å². The van der Waals surface area contributed by atoms with Crippen LogP contribution < -0.4 is 15.0 Å². The minimum atomic E-state index is -0.241. The summed E-state index contributed by atoms with van der Waals surface area (Å²) in [4.78, 5) is 31.9. The summed E-state index contributed by atoms with van der Waals surface area (Å²) in [5, 5.41) is 2.90. The Morgan fingerprint density at radius 3 is 2.53 bits per heavy atom. The van der Waals surface area contributed by atoms with Gasteiger partial charge in [0.2, 0.25) is 5.91 Å². The predicted octanol–water partition coefficient (Wildman–Crippen LogP) is 3.64. The van der Waals surface area contributed by atoms with Crippen LogP contribution in [0.1, 0.15) is 16.2 Å². The van der Waals surface area contributed by atoms with Crippen LogP contribution in [-0.2, 0) is 17.9 Å². The van der Waals surface area contributed by atoms with Crippen LogP contribution in [0.25, 0.3) is 11.0 Å². The number of likely N-dealkylation sites (N-methyl/N-ethyl adjacent to an activating group) is 1. The van der Waals surface area contributed by atoms with E-state index in [1.54, 1.807) is 43.3 Å². The number of carbonyl (C=O) groups is 2. The zero-order valence-electron chi connectivity index (χ0n) is 18.0. The zero-order valence-corrected chi connectivity index (χ0v) is 18.0. The summed E-state index contributed by atoms with van der Waals surface area (Å²) in [6, 6.07) is 24.0. The number of fused-ring (bicyclic) bond motifs is 1. The number of imidazole rings is 1. The Labute approximate surface area is 186 Å². The number of methoxy groups -OCH3 is 1. The van der Waals surface area contributed by atoms with Crippen molar-refractivity contribution >= 4 is 28.5 Å². The van der Waals surface area contributed by atoms with E-state index in [0.29, 0.717) is 17.1 Å². The number of ether oxygens (including phenoxy) is 1. The molecule has 0 aliphatic heterocycles. The summed E-state index contributed by atoms with van der Waals surface area (Å²) in [5.41, 5.74) is 2.92. The number of nitrogens with zero attached hydrogens (tertiary/aromatic N) is 3. The van der Waals surface area contributed by atoms with Crippen molar-refractivity contribution in [3.05, 3.63) is 90.3 Å². The molecule has 0 aliphatic carbocycles. The summed E-state index contributed by atoms with van der Waals surface area (Å²) >= 11 is 0. The van der Waals surface area contributed by atoms with Crippen LogP contribution in [0.15, 0.2) is 78.9 Å². The third kappa shape index (κ3) is 4.46. The molecule has 32 heavy (non-hydrogen) atoms. The lowest BCUT2D eigenvalue weighted by Gasteiger charge is -2.19. The van der Waals surface area contributed by atoms with Gasteiger partial charge in [-0.15, -0.1) is 0 Å². The molecule has 7 nitrogen and oxygen atoms in total. The van der Waals surface area contributed by atoms with Gasteiger partial charge in [0.25, 0.3) is 5.91 Å². The van der Waals surface area contributed by atoms with Gasteiger partial charge in [0.05, 0.1) is 24.7 Å². The largest absolute Gasteiger partial charge is 0.497 e. The molecular formula is C25H24N4O3. The number of carbonyl (C=O) groups excluding carboxylic acids is 2. The molecule has 162 valence electrons. The highest BCUT2D eigenvalue weighted by atomic mass is 16.5. The van der Waals surface area contributed by atoms with Crippen molar-refractivity contribution < 1.29 is 14.3 Å². The fraction of sp³-hybridized carbons (Fsp3) is 0.160. The maximum atomic E-state index is 13.0. The second kappa shape index (κ2) is 9.34. The summed E-state index contributed by atoms with van der Waals surface area (Å²) in [7, 11) is 3.31. The van der Waals surface area contributed by atoms with Gasteiger partial charge in [0, 0.05) is 18.3 Å². The van der Waals surface area contributed by atoms with Crippen molar-refractivity contribution in [2.24, 2.45) is 0 Å². The molecule has 4 aromatic rings. The highest BCUT2D eigenvalue weighted by Crippen LogP contribution is 2.18. The van der Waals surface area contributed by atoms with Gasteiger partial charge >= 0.3 is 0 Å². The fourth-order valence-corrected chi connectivity index (χ4v) is 3.50. The average Bonchev–Trinajstić information content (AvgIpc) is 3.19. The fourth-order valence-electron chi connectivity index (χ4n) is 3.50. The molecule has 3 aromatic carbocycles. The van der Waals surface area contributed by atoms with Gasteiger partial charge in [0.15, 0.2) is 0 Å². The van der Waals surface area contributed by atoms with E-state index in [4.69, 9.17) is 4.74 Å². The summed E-state index contributed by atoms with van der Waals surface area (Å²) in [6.45, 7) is 0.295. The summed E-state index contributed by atoms with van der Waals surface area (Å²) in [5.74, 6) is 0.895. The molecule has 4 rings (SSSR count). The minimum Gasteiger partial charge on any atom is -0.497 e. The number of aromatic nitrogens is 2. The normalized spacial score (nSPS) is 10.7. The monoisotopic (exact) mass is 428 g/mol. The molecule has 0 aliphatic rings. The van der Waals surface area contributed by atoms with Gasteiger partial charge in [-0.1, -0.05) is 36.4 Å². The predicted molar refractivity (Wildman–Crippen MR) is 124 cm³/mol. The van der Waals surface area contributed by atoms with E-state index in [1.165, 1.54) is 0 Å². The Morgan fingerprint density at radius 2 is 1.75 bits per heavy atom. The SMILES string of the molecule is COc1cccc(C(=O)NCc2nc3ccccc3n2CC(=O)N(C)c2ccccc2)c1. The van der Waals surface area contributed by atoms with Crippen molar-refractivity contribution in [1.29, 1.82) is 0 Å². The van der Waals surface area contributed by atoms with Crippen molar-refractivity contribution in [3.8, 4) is 5.75 Å². The highest BCUT2D eigenvalue weighted by Gasteiger charge is 2.18. The lowest BCUT2D eigenvalue weighted by atomic mass is 10.2. The Morgan fingerprint density at radius 1 is 1.00 bits per heavy atom. The molecule has 0 atom stereocenters. The molecule has 0 spiro atoms. The molecule has 1 heterocycles. The van der Waals surface area contributed by atoms with Gasteiger partial charge in [-0.25, -0.2) is 4.98 Å². The summed E-state index contributed by atoms with van der Waals surface area (Å²) < 4.78 is 7.04. The van der Waals surface area contributed by atoms with E-state index < -0.39 is 0 Å². The number of anilines is 1. The number of hydrogen-bond donors (Lipinski definition) is 1. The van der Waals surface area contributed by atoms with E-state index in [9.17, 15) is 9.59 Å². The van der Waals surface area contributed by atoms with E-state index in [1.807, 2.05) is 59.2 Å². The molecule has 0 saturated carbocycles. The van der Waals surface area contributed by atoms with Gasteiger partial charge in [0.1, 0.15) is 18.1 Å². The van der Waals surface area contributed by atoms with Crippen LogP contribution in [0, 0.1) is 0 Å². The lowest BCUT2D eigenvalue weighted by Crippen LogP contribution is -2.31. The van der Waals surface area contributed by atoms with Crippen molar-refractivity contribution in [1.82, 2.24) is 14.9 Å². The first-order chi connectivity index (χ1) is 15.6.